The maximum atomic E-state index is 12.4. The van der Waals surface area contributed by atoms with Crippen molar-refractivity contribution in [2.75, 3.05) is 0 Å². The van der Waals surface area contributed by atoms with E-state index in [1.54, 1.807) is 0 Å². The molecule has 1 aromatic heterocycles. The number of aliphatic imine (C=N–C) groups is 1. The van der Waals surface area contributed by atoms with Gasteiger partial charge in [0.05, 0.1) is 5.69 Å². The van der Waals surface area contributed by atoms with Crippen molar-refractivity contribution in [1.82, 2.24) is 9.13 Å². The van der Waals surface area contributed by atoms with E-state index in [1.807, 2.05) is 45.0 Å². The topological polar surface area (TPSA) is 59.5 Å². The molecule has 22 heavy (non-hydrogen) atoms. The van der Waals surface area contributed by atoms with E-state index in [1.165, 1.54) is 15.3 Å². The Kier molecular flexibility index (Phi) is 4.92. The molecule has 0 amide bonds. The minimum Gasteiger partial charge on any atom is -0.494 e. The van der Waals surface area contributed by atoms with Crippen molar-refractivity contribution in [2.45, 2.75) is 33.9 Å². The van der Waals surface area contributed by atoms with Gasteiger partial charge in [0, 0.05) is 19.3 Å². The lowest BCUT2D eigenvalue weighted by Crippen LogP contribution is -2.27. The van der Waals surface area contributed by atoms with Crippen LogP contribution in [0.3, 0.4) is 0 Å². The van der Waals surface area contributed by atoms with Crippen molar-refractivity contribution >= 4 is 24.1 Å². The quantitative estimate of drug-likeness (QED) is 0.696. The van der Waals surface area contributed by atoms with Crippen molar-refractivity contribution in [3.8, 4) is 5.88 Å². The highest BCUT2D eigenvalue weighted by atomic mass is 32.1. The molecule has 1 N–H and O–H groups in total. The van der Waals surface area contributed by atoms with Crippen LogP contribution in [0.15, 0.2) is 34.1 Å². The normalized spacial score (nSPS) is 11.2. The van der Waals surface area contributed by atoms with Crippen LogP contribution < -0.4 is 5.56 Å². The fourth-order valence-electron chi connectivity index (χ4n) is 2.23. The first kappa shape index (κ1) is 16.2. The van der Waals surface area contributed by atoms with Crippen molar-refractivity contribution < 1.29 is 5.11 Å². The van der Waals surface area contributed by atoms with E-state index in [4.69, 9.17) is 12.2 Å². The van der Waals surface area contributed by atoms with Crippen LogP contribution in [0.2, 0.25) is 0 Å². The maximum Gasteiger partial charge on any atom is 0.267 e. The molecule has 116 valence electrons. The zero-order valence-corrected chi connectivity index (χ0v) is 13.7. The predicted octanol–water partition coefficient (Wildman–Crippen LogP) is 3.18. The summed E-state index contributed by atoms with van der Waals surface area (Å²) in [6.07, 6.45) is 1.41. The Balaban J connectivity index is 2.64. The summed E-state index contributed by atoms with van der Waals surface area (Å²) in [5.74, 6) is -0.139. The summed E-state index contributed by atoms with van der Waals surface area (Å²) in [5.41, 5.74) is 1.58. The van der Waals surface area contributed by atoms with Gasteiger partial charge < -0.3 is 5.11 Å². The average Bonchev–Trinajstić information content (AvgIpc) is 2.49. The molecule has 6 heteroatoms. The van der Waals surface area contributed by atoms with Gasteiger partial charge in [0.2, 0.25) is 5.88 Å². The monoisotopic (exact) mass is 317 g/mol. The lowest BCUT2D eigenvalue weighted by molar-refractivity contribution is 0.399. The smallest absolute Gasteiger partial charge is 0.267 e. The fourth-order valence-corrected chi connectivity index (χ4v) is 2.66. The Morgan fingerprint density at radius 1 is 1.23 bits per heavy atom. The zero-order valence-electron chi connectivity index (χ0n) is 12.9. The van der Waals surface area contributed by atoms with Gasteiger partial charge in [-0.15, -0.1) is 0 Å². The number of hydrogen-bond acceptors (Lipinski definition) is 4. The highest BCUT2D eigenvalue weighted by Gasteiger charge is 2.13. The van der Waals surface area contributed by atoms with Crippen LogP contribution in [0.1, 0.15) is 25.0 Å². The molecule has 0 radical (unpaired) electrons. The van der Waals surface area contributed by atoms with Gasteiger partial charge in [0.15, 0.2) is 4.77 Å². The van der Waals surface area contributed by atoms with Crippen LogP contribution in [-0.2, 0) is 13.1 Å². The van der Waals surface area contributed by atoms with Gasteiger partial charge >= 0.3 is 0 Å². The molecule has 0 atom stereocenters. The molecule has 1 aromatic carbocycles. The Morgan fingerprint density at radius 3 is 2.45 bits per heavy atom. The summed E-state index contributed by atoms with van der Waals surface area (Å²) >= 11 is 5.24. The molecule has 2 rings (SSSR count). The van der Waals surface area contributed by atoms with Crippen LogP contribution in [0.5, 0.6) is 5.88 Å². The minimum atomic E-state index is -0.327. The second-order valence-corrected chi connectivity index (χ2v) is 5.22. The molecule has 0 saturated heterocycles. The SMILES string of the molecule is CCn1c(O)c(C=Nc2ccccc2C)c(=O)n(CC)c1=S. The Morgan fingerprint density at radius 2 is 1.86 bits per heavy atom. The number of nitrogens with zero attached hydrogens (tertiary/aromatic N) is 3. The van der Waals surface area contributed by atoms with Crippen molar-refractivity contribution in [1.29, 1.82) is 0 Å². The second kappa shape index (κ2) is 6.70. The number of hydrogen-bond donors (Lipinski definition) is 1. The molecule has 2 aromatic rings. The maximum absolute atomic E-state index is 12.4. The van der Waals surface area contributed by atoms with Crippen LogP contribution in [0.4, 0.5) is 5.69 Å². The van der Waals surface area contributed by atoms with Gasteiger partial charge in [-0.25, -0.2) is 0 Å². The highest BCUT2D eigenvalue weighted by Crippen LogP contribution is 2.18. The molecular weight excluding hydrogens is 298 g/mol. The molecule has 5 nitrogen and oxygen atoms in total. The Labute approximate surface area is 134 Å². The molecule has 0 spiro atoms. The van der Waals surface area contributed by atoms with Crippen molar-refractivity contribution in [2.24, 2.45) is 4.99 Å². The van der Waals surface area contributed by atoms with Gasteiger partial charge in [0.1, 0.15) is 5.56 Å². The second-order valence-electron chi connectivity index (χ2n) is 4.86. The first-order valence-corrected chi connectivity index (χ1v) is 7.58. The van der Waals surface area contributed by atoms with Crippen LogP contribution >= 0.6 is 12.2 Å². The number of aromatic nitrogens is 2. The summed E-state index contributed by atoms with van der Waals surface area (Å²) in [6.45, 7) is 6.58. The fraction of sp³-hybridized carbons (Fsp3) is 0.312. The van der Waals surface area contributed by atoms with E-state index in [0.717, 1.165) is 11.3 Å². The number of aromatic hydroxyl groups is 1. The first-order valence-electron chi connectivity index (χ1n) is 7.17. The van der Waals surface area contributed by atoms with Crippen LogP contribution in [-0.4, -0.2) is 20.5 Å². The average molecular weight is 317 g/mol. The Hall–Kier alpha value is -2.21. The molecule has 0 aliphatic rings. The molecule has 0 saturated carbocycles. The lowest BCUT2D eigenvalue weighted by Gasteiger charge is -2.13. The molecular formula is C16H19N3O2S. The third kappa shape index (κ3) is 2.87. The van der Waals surface area contributed by atoms with Gasteiger partial charge in [-0.05, 0) is 44.6 Å². The highest BCUT2D eigenvalue weighted by molar-refractivity contribution is 7.71. The minimum absolute atomic E-state index is 0.139. The summed E-state index contributed by atoms with van der Waals surface area (Å²) < 4.78 is 3.30. The van der Waals surface area contributed by atoms with Gasteiger partial charge in [-0.3, -0.25) is 18.9 Å². The van der Waals surface area contributed by atoms with Crippen molar-refractivity contribution in [3.63, 3.8) is 0 Å². The van der Waals surface area contributed by atoms with E-state index in [-0.39, 0.29) is 17.0 Å². The summed E-state index contributed by atoms with van der Waals surface area (Å²) in [4.78, 5) is 16.8. The van der Waals surface area contributed by atoms with Crippen LogP contribution in [0.25, 0.3) is 0 Å². The first-order chi connectivity index (χ1) is 10.5. The summed E-state index contributed by atoms with van der Waals surface area (Å²) in [7, 11) is 0. The summed E-state index contributed by atoms with van der Waals surface area (Å²) in [5, 5.41) is 10.3. The largest absolute Gasteiger partial charge is 0.494 e. The van der Waals surface area contributed by atoms with Gasteiger partial charge in [0.25, 0.3) is 5.56 Å². The zero-order chi connectivity index (χ0) is 16.3. The third-order valence-corrected chi connectivity index (χ3v) is 3.96. The van der Waals surface area contributed by atoms with E-state index < -0.39 is 0 Å². The predicted molar refractivity (Wildman–Crippen MR) is 91.0 cm³/mol. The molecule has 1 heterocycles. The van der Waals surface area contributed by atoms with E-state index in [2.05, 4.69) is 4.99 Å². The summed E-state index contributed by atoms with van der Waals surface area (Å²) in [6, 6.07) is 7.60. The Bertz CT molecular complexity index is 834. The lowest BCUT2D eigenvalue weighted by atomic mass is 10.2. The molecule has 0 bridgehead atoms. The standard InChI is InChI=1S/C16H19N3O2S/c1-4-18-14(20)12(15(21)19(5-2)16(18)22)10-17-13-9-7-6-8-11(13)3/h6-10,20H,4-5H2,1-3H3. The number of rotatable bonds is 4. The molecule has 0 unspecified atom stereocenters. The number of para-hydroxylation sites is 1. The van der Waals surface area contributed by atoms with Gasteiger partial charge in [-0.2, -0.15) is 0 Å². The van der Waals surface area contributed by atoms with E-state index in [0.29, 0.717) is 17.9 Å². The van der Waals surface area contributed by atoms with E-state index >= 15 is 0 Å². The van der Waals surface area contributed by atoms with Crippen LogP contribution in [0, 0.1) is 11.7 Å². The molecule has 0 fully saturated rings. The number of aryl methyl sites for hydroxylation is 1. The molecule has 0 aliphatic heterocycles. The third-order valence-electron chi connectivity index (χ3n) is 3.51. The molecule has 0 aliphatic carbocycles. The number of benzene rings is 1. The van der Waals surface area contributed by atoms with Gasteiger partial charge in [-0.1, -0.05) is 18.2 Å². The van der Waals surface area contributed by atoms with Crippen molar-refractivity contribution in [3.05, 3.63) is 50.5 Å². The van der Waals surface area contributed by atoms with E-state index in [9.17, 15) is 9.90 Å².